The highest BCUT2D eigenvalue weighted by Crippen LogP contribution is 2.19. The molecule has 0 atom stereocenters. The van der Waals surface area contributed by atoms with Gasteiger partial charge in [-0.25, -0.2) is 0 Å². The maximum absolute atomic E-state index is 11.8. The Labute approximate surface area is 127 Å². The number of hydrogen-bond acceptors (Lipinski definition) is 3. The molecule has 3 N–H and O–H groups in total. The number of nitrogens with two attached hydrogens (primary N) is 1. The molecule has 0 aliphatic carbocycles. The molecule has 1 fully saturated rings. The van der Waals surface area contributed by atoms with Crippen molar-refractivity contribution in [3.8, 4) is 0 Å². The van der Waals surface area contributed by atoms with E-state index in [0.717, 1.165) is 18.2 Å². The number of amides is 1. The van der Waals surface area contributed by atoms with Crippen molar-refractivity contribution >= 4 is 11.6 Å². The van der Waals surface area contributed by atoms with E-state index in [9.17, 15) is 4.79 Å². The predicted molar refractivity (Wildman–Crippen MR) is 87.0 cm³/mol. The first kappa shape index (κ1) is 16.0. The number of carbonyl (C=O) groups excluding carboxylic acids is 1. The van der Waals surface area contributed by atoms with Gasteiger partial charge < -0.3 is 11.1 Å². The van der Waals surface area contributed by atoms with Gasteiger partial charge in [0, 0.05) is 12.2 Å². The van der Waals surface area contributed by atoms with Gasteiger partial charge in [-0.2, -0.15) is 0 Å². The van der Waals surface area contributed by atoms with Crippen molar-refractivity contribution < 1.29 is 4.79 Å². The number of carbonyl (C=O) groups is 1. The van der Waals surface area contributed by atoms with Gasteiger partial charge in [-0.3, -0.25) is 9.69 Å². The van der Waals surface area contributed by atoms with E-state index in [0.29, 0.717) is 0 Å². The summed E-state index contributed by atoms with van der Waals surface area (Å²) in [7, 11) is 0. The highest BCUT2D eigenvalue weighted by Gasteiger charge is 2.21. The Morgan fingerprint density at radius 3 is 2.38 bits per heavy atom. The first-order valence-corrected chi connectivity index (χ1v) is 7.76. The lowest BCUT2D eigenvalue weighted by Gasteiger charge is -2.30. The van der Waals surface area contributed by atoms with Crippen LogP contribution in [0.2, 0.25) is 0 Å². The first-order chi connectivity index (χ1) is 9.84. The van der Waals surface area contributed by atoms with E-state index in [4.69, 9.17) is 5.73 Å². The zero-order valence-corrected chi connectivity index (χ0v) is 13.4. The van der Waals surface area contributed by atoms with Crippen molar-refractivity contribution in [2.24, 2.45) is 11.7 Å². The molecular weight excluding hydrogens is 262 g/mol. The lowest BCUT2D eigenvalue weighted by atomic mass is 9.99. The molecule has 4 heteroatoms. The summed E-state index contributed by atoms with van der Waals surface area (Å²) in [5, 5.41) is 2.84. The lowest BCUT2D eigenvalue weighted by molar-refractivity contribution is -0.120. The van der Waals surface area contributed by atoms with Gasteiger partial charge in [0.2, 0.25) is 5.91 Å². The summed E-state index contributed by atoms with van der Waals surface area (Å²) < 4.78 is 0. The van der Waals surface area contributed by atoms with E-state index < -0.39 is 5.54 Å². The van der Waals surface area contributed by atoms with Crippen LogP contribution in [0.25, 0.3) is 0 Å². The van der Waals surface area contributed by atoms with Gasteiger partial charge in [0.05, 0.1) is 5.54 Å². The molecule has 0 aromatic heterocycles. The van der Waals surface area contributed by atoms with Crippen LogP contribution in [0.3, 0.4) is 0 Å². The Balaban J connectivity index is 1.89. The molecule has 1 aliphatic rings. The Bertz CT molecular complexity index is 468. The summed E-state index contributed by atoms with van der Waals surface area (Å²) in [5.41, 5.74) is 7.00. The minimum absolute atomic E-state index is 0.166. The average Bonchev–Trinajstić information content (AvgIpc) is 2.42. The van der Waals surface area contributed by atoms with E-state index in [-0.39, 0.29) is 5.91 Å². The Morgan fingerprint density at radius 2 is 1.86 bits per heavy atom. The molecule has 21 heavy (non-hydrogen) atoms. The summed E-state index contributed by atoms with van der Waals surface area (Å²) in [6.45, 7) is 9.08. The summed E-state index contributed by atoms with van der Waals surface area (Å²) in [4.78, 5) is 14.3. The monoisotopic (exact) mass is 289 g/mol. The predicted octanol–water partition coefficient (Wildman–Crippen LogP) is 2.59. The van der Waals surface area contributed by atoms with Crippen molar-refractivity contribution in [3.05, 3.63) is 29.8 Å². The Kier molecular flexibility index (Phi) is 5.01. The second-order valence-corrected chi connectivity index (χ2v) is 6.83. The van der Waals surface area contributed by atoms with E-state index in [1.54, 1.807) is 13.8 Å². The molecule has 0 spiro atoms. The van der Waals surface area contributed by atoms with Gasteiger partial charge in [0.25, 0.3) is 0 Å². The van der Waals surface area contributed by atoms with E-state index in [1.165, 1.54) is 31.5 Å². The van der Waals surface area contributed by atoms with Crippen LogP contribution < -0.4 is 11.1 Å². The quantitative estimate of drug-likeness (QED) is 0.895. The third-order valence-electron chi connectivity index (χ3n) is 4.08. The average molecular weight is 289 g/mol. The summed E-state index contributed by atoms with van der Waals surface area (Å²) in [6, 6.07) is 8.06. The number of rotatable bonds is 4. The molecule has 1 aromatic rings. The normalized spacial score (nSPS) is 17.7. The molecular formula is C17H27N3O. The number of piperidine rings is 1. The summed E-state index contributed by atoms with van der Waals surface area (Å²) in [5.74, 6) is 0.693. The molecule has 2 rings (SSSR count). The number of hydrogen-bond donors (Lipinski definition) is 2. The second kappa shape index (κ2) is 6.58. The summed E-state index contributed by atoms with van der Waals surface area (Å²) in [6.07, 6.45) is 2.58. The van der Waals surface area contributed by atoms with E-state index in [1.807, 2.05) is 12.1 Å². The van der Waals surface area contributed by atoms with Crippen LogP contribution in [0.15, 0.2) is 24.3 Å². The van der Waals surface area contributed by atoms with Crippen LogP contribution in [-0.4, -0.2) is 29.4 Å². The molecule has 116 valence electrons. The minimum atomic E-state index is -0.858. The SMILES string of the molecule is CC1CCN(Cc2ccc(NC(=O)C(C)(C)N)cc2)CC1. The van der Waals surface area contributed by atoms with Gasteiger partial charge in [-0.1, -0.05) is 19.1 Å². The molecule has 0 saturated carbocycles. The highest BCUT2D eigenvalue weighted by atomic mass is 16.2. The number of nitrogens with zero attached hydrogens (tertiary/aromatic N) is 1. The highest BCUT2D eigenvalue weighted by molar-refractivity contribution is 5.97. The largest absolute Gasteiger partial charge is 0.325 e. The topological polar surface area (TPSA) is 58.4 Å². The molecule has 0 radical (unpaired) electrons. The van der Waals surface area contributed by atoms with E-state index >= 15 is 0 Å². The number of nitrogens with one attached hydrogen (secondary N) is 1. The molecule has 4 nitrogen and oxygen atoms in total. The van der Waals surface area contributed by atoms with Crippen LogP contribution in [0.5, 0.6) is 0 Å². The number of anilines is 1. The Hall–Kier alpha value is -1.39. The zero-order chi connectivity index (χ0) is 15.5. The molecule has 1 aliphatic heterocycles. The Morgan fingerprint density at radius 1 is 1.29 bits per heavy atom. The van der Waals surface area contributed by atoms with Crippen LogP contribution in [0.4, 0.5) is 5.69 Å². The van der Waals surface area contributed by atoms with Gasteiger partial charge in [-0.05, 0) is 63.4 Å². The maximum Gasteiger partial charge on any atom is 0.243 e. The molecule has 1 amide bonds. The smallest absolute Gasteiger partial charge is 0.243 e. The summed E-state index contributed by atoms with van der Waals surface area (Å²) >= 11 is 0. The fourth-order valence-electron chi connectivity index (χ4n) is 2.46. The van der Waals surface area contributed by atoms with Gasteiger partial charge in [0.1, 0.15) is 0 Å². The third kappa shape index (κ3) is 4.83. The molecule has 0 bridgehead atoms. The van der Waals surface area contributed by atoms with Crippen molar-refractivity contribution in [3.63, 3.8) is 0 Å². The van der Waals surface area contributed by atoms with Crippen molar-refractivity contribution in [2.45, 2.75) is 45.7 Å². The fourth-order valence-corrected chi connectivity index (χ4v) is 2.46. The molecule has 0 unspecified atom stereocenters. The van der Waals surface area contributed by atoms with Crippen LogP contribution >= 0.6 is 0 Å². The van der Waals surface area contributed by atoms with Gasteiger partial charge in [0.15, 0.2) is 0 Å². The lowest BCUT2D eigenvalue weighted by Crippen LogP contribution is -2.45. The first-order valence-electron chi connectivity index (χ1n) is 7.76. The van der Waals surface area contributed by atoms with Gasteiger partial charge >= 0.3 is 0 Å². The van der Waals surface area contributed by atoms with Crippen LogP contribution in [-0.2, 0) is 11.3 Å². The maximum atomic E-state index is 11.8. The van der Waals surface area contributed by atoms with Crippen molar-refractivity contribution in [2.75, 3.05) is 18.4 Å². The molecule has 1 aromatic carbocycles. The van der Waals surface area contributed by atoms with Crippen molar-refractivity contribution in [1.82, 2.24) is 4.90 Å². The number of likely N-dealkylation sites (tertiary alicyclic amines) is 1. The third-order valence-corrected chi connectivity index (χ3v) is 4.08. The standard InChI is InChI=1S/C17H27N3O/c1-13-8-10-20(11-9-13)12-14-4-6-15(7-5-14)19-16(21)17(2,3)18/h4-7,13H,8-12,18H2,1-3H3,(H,19,21). The van der Waals surface area contributed by atoms with E-state index in [2.05, 4.69) is 29.3 Å². The molecule has 1 heterocycles. The second-order valence-electron chi connectivity index (χ2n) is 6.83. The fraction of sp³-hybridized carbons (Fsp3) is 0.588. The van der Waals surface area contributed by atoms with Crippen LogP contribution in [0.1, 0.15) is 39.2 Å². The zero-order valence-electron chi connectivity index (χ0n) is 13.4. The minimum Gasteiger partial charge on any atom is -0.325 e. The van der Waals surface area contributed by atoms with Gasteiger partial charge in [-0.15, -0.1) is 0 Å². The van der Waals surface area contributed by atoms with Crippen LogP contribution in [0, 0.1) is 5.92 Å². The number of benzene rings is 1. The molecule has 1 saturated heterocycles. The van der Waals surface area contributed by atoms with Crippen molar-refractivity contribution in [1.29, 1.82) is 0 Å².